The number of hydrogen-bond donors (Lipinski definition) is 0. The lowest BCUT2D eigenvalue weighted by Crippen LogP contribution is -2.30. The van der Waals surface area contributed by atoms with Crippen molar-refractivity contribution in [2.24, 2.45) is 11.8 Å². The highest BCUT2D eigenvalue weighted by molar-refractivity contribution is 5.71. The second kappa shape index (κ2) is 40.1. The highest BCUT2D eigenvalue weighted by atomic mass is 16.6. The van der Waals surface area contributed by atoms with Crippen LogP contribution in [0.5, 0.6) is 0 Å². The quantitative estimate of drug-likeness (QED) is 0.0352. The standard InChI is InChI=1S/C47H90O6/c1-6-8-9-10-20-27-32-37-45(48)51-40-44(53-47(50)39-34-29-24-19-15-14-17-22-26-31-36-43(5)7-2)41-52-46(49)38-33-28-23-18-13-11-12-16-21-25-30-35-42(3)4/h42-44H,6-41H2,1-5H3/t43?,44-/m0/s1. The predicted octanol–water partition coefficient (Wildman–Crippen LogP) is 14.6. The van der Waals surface area contributed by atoms with Crippen molar-refractivity contribution in [1.82, 2.24) is 0 Å². The SMILES string of the molecule is CCCCCCCCCC(=O)OC[C@@H](COC(=O)CCCCCCCCCCCCCC(C)C)OC(=O)CCCCCCCCCCCCC(C)CC. The molecule has 6 heteroatoms. The molecule has 0 aromatic carbocycles. The maximum absolute atomic E-state index is 12.7. The molecule has 0 saturated heterocycles. The van der Waals surface area contributed by atoms with Gasteiger partial charge >= 0.3 is 17.9 Å². The van der Waals surface area contributed by atoms with Crippen molar-refractivity contribution in [3.05, 3.63) is 0 Å². The van der Waals surface area contributed by atoms with E-state index in [9.17, 15) is 14.4 Å². The van der Waals surface area contributed by atoms with Gasteiger partial charge in [0.2, 0.25) is 0 Å². The maximum atomic E-state index is 12.7. The van der Waals surface area contributed by atoms with Gasteiger partial charge in [0.25, 0.3) is 0 Å². The zero-order chi connectivity index (χ0) is 39.0. The van der Waals surface area contributed by atoms with E-state index in [1.165, 1.54) is 141 Å². The third-order valence-electron chi connectivity index (χ3n) is 10.8. The number of ether oxygens (including phenoxy) is 3. The summed E-state index contributed by atoms with van der Waals surface area (Å²) in [4.78, 5) is 37.6. The molecule has 0 spiro atoms. The monoisotopic (exact) mass is 751 g/mol. The minimum atomic E-state index is -0.759. The smallest absolute Gasteiger partial charge is 0.306 e. The number of carbonyl (C=O) groups excluding carboxylic acids is 3. The van der Waals surface area contributed by atoms with Crippen LogP contribution < -0.4 is 0 Å². The van der Waals surface area contributed by atoms with Crippen molar-refractivity contribution in [2.45, 2.75) is 259 Å². The van der Waals surface area contributed by atoms with E-state index in [-0.39, 0.29) is 31.1 Å². The zero-order valence-electron chi connectivity index (χ0n) is 36.1. The molecule has 314 valence electrons. The van der Waals surface area contributed by atoms with E-state index in [0.29, 0.717) is 19.3 Å². The topological polar surface area (TPSA) is 78.9 Å². The number of esters is 3. The molecule has 0 saturated carbocycles. The maximum Gasteiger partial charge on any atom is 0.306 e. The molecular weight excluding hydrogens is 661 g/mol. The molecular formula is C47H90O6. The van der Waals surface area contributed by atoms with Crippen LogP contribution in [0.1, 0.15) is 253 Å². The highest BCUT2D eigenvalue weighted by Gasteiger charge is 2.19. The first-order chi connectivity index (χ1) is 25.8. The molecule has 2 atom stereocenters. The first-order valence-electron chi connectivity index (χ1n) is 23.3. The van der Waals surface area contributed by atoms with Gasteiger partial charge in [-0.15, -0.1) is 0 Å². The van der Waals surface area contributed by atoms with E-state index in [4.69, 9.17) is 14.2 Å². The first kappa shape index (κ1) is 51.4. The Bertz CT molecular complexity index is 811. The van der Waals surface area contributed by atoms with Gasteiger partial charge < -0.3 is 14.2 Å². The fourth-order valence-corrected chi connectivity index (χ4v) is 6.90. The van der Waals surface area contributed by atoms with E-state index in [2.05, 4.69) is 34.6 Å². The van der Waals surface area contributed by atoms with Gasteiger partial charge in [-0.25, -0.2) is 0 Å². The molecule has 0 aliphatic heterocycles. The Balaban J connectivity index is 4.27. The summed E-state index contributed by atoms with van der Waals surface area (Å²) in [5.74, 6) is 0.832. The van der Waals surface area contributed by atoms with E-state index < -0.39 is 6.10 Å². The summed E-state index contributed by atoms with van der Waals surface area (Å²) < 4.78 is 16.7. The van der Waals surface area contributed by atoms with Crippen molar-refractivity contribution >= 4 is 17.9 Å². The summed E-state index contributed by atoms with van der Waals surface area (Å²) in [6, 6.07) is 0. The van der Waals surface area contributed by atoms with Crippen LogP contribution in [0, 0.1) is 11.8 Å². The number of rotatable bonds is 41. The van der Waals surface area contributed by atoms with Crippen LogP contribution >= 0.6 is 0 Å². The van der Waals surface area contributed by atoms with Crippen molar-refractivity contribution in [1.29, 1.82) is 0 Å². The molecule has 0 aromatic heterocycles. The minimum absolute atomic E-state index is 0.0651. The van der Waals surface area contributed by atoms with Gasteiger partial charge in [0.1, 0.15) is 13.2 Å². The number of carbonyl (C=O) groups is 3. The molecule has 0 aliphatic rings. The minimum Gasteiger partial charge on any atom is -0.462 e. The molecule has 0 aliphatic carbocycles. The van der Waals surface area contributed by atoms with Crippen LogP contribution in [0.25, 0.3) is 0 Å². The fourth-order valence-electron chi connectivity index (χ4n) is 6.90. The zero-order valence-corrected chi connectivity index (χ0v) is 36.1. The lowest BCUT2D eigenvalue weighted by Gasteiger charge is -2.18. The molecule has 0 amide bonds. The van der Waals surface area contributed by atoms with Gasteiger partial charge in [-0.1, -0.05) is 214 Å². The van der Waals surface area contributed by atoms with E-state index in [1.54, 1.807) is 0 Å². The molecule has 0 rings (SSSR count). The average molecular weight is 751 g/mol. The summed E-state index contributed by atoms with van der Waals surface area (Å²) >= 11 is 0. The van der Waals surface area contributed by atoms with Gasteiger partial charge in [-0.3, -0.25) is 14.4 Å². The van der Waals surface area contributed by atoms with Gasteiger partial charge in [0.05, 0.1) is 0 Å². The average Bonchev–Trinajstić information content (AvgIpc) is 3.14. The molecule has 0 aromatic rings. The predicted molar refractivity (Wildman–Crippen MR) is 224 cm³/mol. The Morgan fingerprint density at radius 2 is 0.717 bits per heavy atom. The molecule has 6 nitrogen and oxygen atoms in total. The molecule has 1 unspecified atom stereocenters. The van der Waals surface area contributed by atoms with Crippen molar-refractivity contribution in [3.63, 3.8) is 0 Å². The van der Waals surface area contributed by atoms with Crippen LogP contribution in [-0.4, -0.2) is 37.2 Å². The molecule has 0 N–H and O–H groups in total. The molecule has 0 radical (unpaired) electrons. The lowest BCUT2D eigenvalue weighted by atomic mass is 9.99. The second-order valence-electron chi connectivity index (χ2n) is 16.8. The third kappa shape index (κ3) is 39.9. The van der Waals surface area contributed by atoms with Gasteiger partial charge in [0, 0.05) is 19.3 Å². The van der Waals surface area contributed by atoms with E-state index in [1.807, 2.05) is 0 Å². The third-order valence-corrected chi connectivity index (χ3v) is 10.8. The van der Waals surface area contributed by atoms with E-state index >= 15 is 0 Å². The summed E-state index contributed by atoms with van der Waals surface area (Å²) in [7, 11) is 0. The van der Waals surface area contributed by atoms with E-state index in [0.717, 1.165) is 69.6 Å². The highest BCUT2D eigenvalue weighted by Crippen LogP contribution is 2.17. The summed E-state index contributed by atoms with van der Waals surface area (Å²) in [6.45, 7) is 11.3. The summed E-state index contributed by atoms with van der Waals surface area (Å²) in [5, 5.41) is 0. The molecule has 0 fully saturated rings. The first-order valence-corrected chi connectivity index (χ1v) is 23.3. The molecule has 0 bridgehead atoms. The van der Waals surface area contributed by atoms with Crippen LogP contribution in [0.4, 0.5) is 0 Å². The molecule has 53 heavy (non-hydrogen) atoms. The van der Waals surface area contributed by atoms with Crippen LogP contribution in [0.3, 0.4) is 0 Å². The largest absolute Gasteiger partial charge is 0.462 e. The Hall–Kier alpha value is -1.59. The Morgan fingerprint density at radius 3 is 1.08 bits per heavy atom. The van der Waals surface area contributed by atoms with Crippen molar-refractivity contribution in [3.8, 4) is 0 Å². The summed E-state index contributed by atoms with van der Waals surface area (Å²) in [6.07, 6.45) is 38.0. The van der Waals surface area contributed by atoms with Crippen LogP contribution in [0.15, 0.2) is 0 Å². The van der Waals surface area contributed by atoms with Gasteiger partial charge in [-0.05, 0) is 31.1 Å². The Kier molecular flexibility index (Phi) is 38.9. The van der Waals surface area contributed by atoms with Crippen LogP contribution in [-0.2, 0) is 28.6 Å². The molecule has 0 heterocycles. The lowest BCUT2D eigenvalue weighted by molar-refractivity contribution is -0.167. The van der Waals surface area contributed by atoms with Crippen molar-refractivity contribution in [2.75, 3.05) is 13.2 Å². The number of hydrogen-bond acceptors (Lipinski definition) is 6. The van der Waals surface area contributed by atoms with Gasteiger partial charge in [-0.2, -0.15) is 0 Å². The van der Waals surface area contributed by atoms with Crippen molar-refractivity contribution < 1.29 is 28.6 Å². The number of unbranched alkanes of at least 4 members (excludes halogenated alkanes) is 25. The Morgan fingerprint density at radius 1 is 0.396 bits per heavy atom. The van der Waals surface area contributed by atoms with Crippen LogP contribution in [0.2, 0.25) is 0 Å². The fraction of sp³-hybridized carbons (Fsp3) is 0.936. The normalized spacial score (nSPS) is 12.6. The second-order valence-corrected chi connectivity index (χ2v) is 16.8. The summed E-state index contributed by atoms with van der Waals surface area (Å²) in [5.41, 5.74) is 0. The Labute approximate surface area is 329 Å². The van der Waals surface area contributed by atoms with Gasteiger partial charge in [0.15, 0.2) is 6.10 Å².